The average molecular weight is 350 g/mol. The molecule has 1 heterocycles. The number of carbonyl (C=O) groups excluding carboxylic acids is 1. The van der Waals surface area contributed by atoms with Gasteiger partial charge in [-0.15, -0.1) is 0 Å². The standard InChI is InChI=1S/C18H24BrNO/c1-13-15(9-5-10-16(13)19)18(21)20-12-6-11-17(20)14-7-3-2-4-8-14/h5,9-10,14,17H,2-4,6-8,11-12H2,1H3. The van der Waals surface area contributed by atoms with Gasteiger partial charge in [0.25, 0.3) is 5.91 Å². The predicted octanol–water partition coefficient (Wildman–Crippen LogP) is 4.94. The van der Waals surface area contributed by atoms with Crippen LogP contribution in [-0.4, -0.2) is 23.4 Å². The highest BCUT2D eigenvalue weighted by atomic mass is 79.9. The lowest BCUT2D eigenvalue weighted by atomic mass is 9.83. The highest BCUT2D eigenvalue weighted by Crippen LogP contribution is 2.35. The molecule has 0 radical (unpaired) electrons. The fourth-order valence-corrected chi connectivity index (χ4v) is 4.41. The molecule has 1 saturated heterocycles. The molecule has 114 valence electrons. The molecule has 1 aliphatic heterocycles. The van der Waals surface area contributed by atoms with Gasteiger partial charge >= 0.3 is 0 Å². The smallest absolute Gasteiger partial charge is 0.254 e. The van der Waals surface area contributed by atoms with Crippen LogP contribution in [0.1, 0.15) is 60.9 Å². The molecule has 0 spiro atoms. The average Bonchev–Trinajstić information content (AvgIpc) is 3.00. The number of carbonyl (C=O) groups is 1. The van der Waals surface area contributed by atoms with Crippen molar-refractivity contribution in [3.63, 3.8) is 0 Å². The molecule has 1 atom stereocenters. The summed E-state index contributed by atoms with van der Waals surface area (Å²) in [4.78, 5) is 15.1. The lowest BCUT2D eigenvalue weighted by Gasteiger charge is -2.34. The number of hydrogen-bond donors (Lipinski definition) is 0. The van der Waals surface area contributed by atoms with E-state index in [1.54, 1.807) is 0 Å². The van der Waals surface area contributed by atoms with E-state index in [-0.39, 0.29) is 5.91 Å². The van der Waals surface area contributed by atoms with Gasteiger partial charge in [0, 0.05) is 22.6 Å². The molecule has 1 unspecified atom stereocenters. The van der Waals surface area contributed by atoms with Crippen molar-refractivity contribution < 1.29 is 4.79 Å². The third-order valence-corrected chi connectivity index (χ3v) is 6.11. The Bertz CT molecular complexity index is 522. The molecular weight excluding hydrogens is 326 g/mol. The van der Waals surface area contributed by atoms with E-state index in [0.29, 0.717) is 6.04 Å². The van der Waals surface area contributed by atoms with Crippen LogP contribution in [0.15, 0.2) is 22.7 Å². The maximum atomic E-state index is 13.0. The Morgan fingerprint density at radius 3 is 2.67 bits per heavy atom. The van der Waals surface area contributed by atoms with Gasteiger partial charge < -0.3 is 4.90 Å². The number of amides is 1. The number of likely N-dealkylation sites (tertiary alicyclic amines) is 1. The number of hydrogen-bond acceptors (Lipinski definition) is 1. The Morgan fingerprint density at radius 2 is 1.90 bits per heavy atom. The summed E-state index contributed by atoms with van der Waals surface area (Å²) in [5, 5.41) is 0. The number of nitrogens with zero attached hydrogens (tertiary/aromatic N) is 1. The first-order valence-corrected chi connectivity index (χ1v) is 9.04. The molecule has 1 amide bonds. The van der Waals surface area contributed by atoms with Gasteiger partial charge in [-0.25, -0.2) is 0 Å². The highest BCUT2D eigenvalue weighted by Gasteiger charge is 2.35. The lowest BCUT2D eigenvalue weighted by molar-refractivity contribution is 0.0660. The van der Waals surface area contributed by atoms with Gasteiger partial charge in [-0.1, -0.05) is 41.3 Å². The quantitative estimate of drug-likeness (QED) is 0.740. The third kappa shape index (κ3) is 3.03. The van der Waals surface area contributed by atoms with Crippen LogP contribution in [0.4, 0.5) is 0 Å². The summed E-state index contributed by atoms with van der Waals surface area (Å²) < 4.78 is 1.03. The summed E-state index contributed by atoms with van der Waals surface area (Å²) in [5.74, 6) is 0.972. The Kier molecular flexibility index (Phi) is 4.68. The first-order chi connectivity index (χ1) is 10.2. The minimum atomic E-state index is 0.238. The van der Waals surface area contributed by atoms with Crippen molar-refractivity contribution in [2.45, 2.75) is 57.9 Å². The van der Waals surface area contributed by atoms with Crippen molar-refractivity contribution >= 4 is 21.8 Å². The molecule has 0 N–H and O–H groups in total. The molecule has 1 aromatic carbocycles. The highest BCUT2D eigenvalue weighted by molar-refractivity contribution is 9.10. The van der Waals surface area contributed by atoms with Crippen LogP contribution >= 0.6 is 15.9 Å². The van der Waals surface area contributed by atoms with Crippen molar-refractivity contribution in [1.82, 2.24) is 4.90 Å². The number of benzene rings is 1. The Morgan fingerprint density at radius 1 is 1.14 bits per heavy atom. The summed E-state index contributed by atoms with van der Waals surface area (Å²) in [6.45, 7) is 2.97. The third-order valence-electron chi connectivity index (χ3n) is 5.25. The van der Waals surface area contributed by atoms with E-state index in [1.165, 1.54) is 44.9 Å². The molecule has 1 saturated carbocycles. The van der Waals surface area contributed by atoms with Gasteiger partial charge in [-0.05, 0) is 56.2 Å². The van der Waals surface area contributed by atoms with E-state index < -0.39 is 0 Å². The minimum Gasteiger partial charge on any atom is -0.335 e. The van der Waals surface area contributed by atoms with Gasteiger partial charge in [0.05, 0.1) is 0 Å². The summed E-state index contributed by atoms with van der Waals surface area (Å²) >= 11 is 3.54. The van der Waals surface area contributed by atoms with Gasteiger partial charge in [0.2, 0.25) is 0 Å². The Labute approximate surface area is 136 Å². The molecule has 1 aliphatic carbocycles. The molecule has 0 aromatic heterocycles. The maximum Gasteiger partial charge on any atom is 0.254 e. The van der Waals surface area contributed by atoms with Crippen LogP contribution in [0.3, 0.4) is 0 Å². The minimum absolute atomic E-state index is 0.238. The maximum absolute atomic E-state index is 13.0. The summed E-state index contributed by atoms with van der Waals surface area (Å²) in [6, 6.07) is 6.43. The second-order valence-electron chi connectivity index (χ2n) is 6.52. The van der Waals surface area contributed by atoms with Gasteiger partial charge in [0.1, 0.15) is 0 Å². The van der Waals surface area contributed by atoms with Crippen LogP contribution in [-0.2, 0) is 0 Å². The SMILES string of the molecule is Cc1c(Br)cccc1C(=O)N1CCCC1C1CCCCC1. The molecule has 2 nitrogen and oxygen atoms in total. The molecule has 3 rings (SSSR count). The molecular formula is C18H24BrNO. The van der Waals surface area contributed by atoms with E-state index in [9.17, 15) is 4.79 Å². The second-order valence-corrected chi connectivity index (χ2v) is 7.37. The normalized spacial score (nSPS) is 23.5. The van der Waals surface area contributed by atoms with E-state index in [1.807, 2.05) is 25.1 Å². The van der Waals surface area contributed by atoms with Gasteiger partial charge in [-0.3, -0.25) is 4.79 Å². The van der Waals surface area contributed by atoms with Crippen LogP contribution < -0.4 is 0 Å². The van der Waals surface area contributed by atoms with Crippen molar-refractivity contribution in [1.29, 1.82) is 0 Å². The Balaban J connectivity index is 1.81. The van der Waals surface area contributed by atoms with Crippen molar-refractivity contribution in [2.24, 2.45) is 5.92 Å². The summed E-state index contributed by atoms with van der Waals surface area (Å²) in [6.07, 6.45) is 9.06. The van der Waals surface area contributed by atoms with Crippen LogP contribution in [0.25, 0.3) is 0 Å². The van der Waals surface area contributed by atoms with Crippen LogP contribution in [0.2, 0.25) is 0 Å². The van der Waals surface area contributed by atoms with Crippen LogP contribution in [0, 0.1) is 12.8 Å². The molecule has 3 heteroatoms. The van der Waals surface area contributed by atoms with Crippen LogP contribution in [0.5, 0.6) is 0 Å². The zero-order valence-electron chi connectivity index (χ0n) is 12.8. The first-order valence-electron chi connectivity index (χ1n) is 8.24. The van der Waals surface area contributed by atoms with Crippen molar-refractivity contribution in [3.05, 3.63) is 33.8 Å². The fraction of sp³-hybridized carbons (Fsp3) is 0.611. The zero-order chi connectivity index (χ0) is 14.8. The van der Waals surface area contributed by atoms with Gasteiger partial charge in [-0.2, -0.15) is 0 Å². The molecule has 2 fully saturated rings. The second kappa shape index (κ2) is 6.51. The topological polar surface area (TPSA) is 20.3 Å². The molecule has 1 aromatic rings. The summed E-state index contributed by atoms with van der Waals surface area (Å²) in [5.41, 5.74) is 1.93. The number of halogens is 1. The van der Waals surface area contributed by atoms with Crippen molar-refractivity contribution in [3.8, 4) is 0 Å². The van der Waals surface area contributed by atoms with E-state index in [0.717, 1.165) is 28.1 Å². The van der Waals surface area contributed by atoms with E-state index >= 15 is 0 Å². The molecule has 21 heavy (non-hydrogen) atoms. The molecule has 0 bridgehead atoms. The monoisotopic (exact) mass is 349 g/mol. The molecule has 2 aliphatic rings. The summed E-state index contributed by atoms with van der Waals surface area (Å²) in [7, 11) is 0. The van der Waals surface area contributed by atoms with E-state index in [4.69, 9.17) is 0 Å². The predicted molar refractivity (Wildman–Crippen MR) is 89.5 cm³/mol. The number of rotatable bonds is 2. The lowest BCUT2D eigenvalue weighted by Crippen LogP contribution is -2.41. The van der Waals surface area contributed by atoms with Gasteiger partial charge in [0.15, 0.2) is 0 Å². The Hall–Kier alpha value is -0.830. The zero-order valence-corrected chi connectivity index (χ0v) is 14.4. The fourth-order valence-electron chi connectivity index (χ4n) is 4.05. The largest absolute Gasteiger partial charge is 0.335 e. The van der Waals surface area contributed by atoms with E-state index in [2.05, 4.69) is 20.8 Å². The first kappa shape index (κ1) is 15.1. The van der Waals surface area contributed by atoms with Crippen molar-refractivity contribution in [2.75, 3.05) is 6.54 Å².